The Morgan fingerprint density at radius 3 is 1.53 bits per heavy atom. The third-order valence-corrected chi connectivity index (χ3v) is 2.25. The first-order chi connectivity index (χ1) is 8.58. The maximum absolute atomic E-state index is 10.7. The molecule has 6 nitrogen and oxygen atoms in total. The molecule has 0 saturated heterocycles. The number of nitrogens with zero attached hydrogens (tertiary/aromatic N) is 2. The Morgan fingerprint density at radius 2 is 1.21 bits per heavy atom. The monoisotopic (exact) mass is 344 g/mol. The van der Waals surface area contributed by atoms with Crippen molar-refractivity contribution in [2.24, 2.45) is 0 Å². The molecule has 0 amide bonds. The second-order valence-electron chi connectivity index (χ2n) is 3.43. The SMILES string of the molecule is O=C([O-])c1ccnc(-c2cc(C(=O)[O-])ccn2)c1.[Ru+2]. The molecule has 0 spiro atoms. The van der Waals surface area contributed by atoms with Crippen LogP contribution in [0.2, 0.25) is 0 Å². The number of rotatable bonds is 3. The Kier molecular flexibility index (Phi) is 4.83. The van der Waals surface area contributed by atoms with Crippen LogP contribution in [-0.2, 0) is 19.5 Å². The Bertz CT molecular complexity index is 575. The quantitative estimate of drug-likeness (QED) is 0.653. The zero-order valence-electron chi connectivity index (χ0n) is 9.35. The predicted octanol–water partition coefficient (Wildman–Crippen LogP) is -1.13. The first kappa shape index (κ1) is 14.9. The number of carbonyl (C=O) groups excluding carboxylic acids is 2. The van der Waals surface area contributed by atoms with Gasteiger partial charge in [-0.1, -0.05) is 0 Å². The topological polar surface area (TPSA) is 106 Å². The second kappa shape index (κ2) is 6.15. The normalized spacial score (nSPS) is 9.47. The molecular formula is C12H6N2O4Ru. The van der Waals surface area contributed by atoms with Gasteiger partial charge in [0.15, 0.2) is 0 Å². The van der Waals surface area contributed by atoms with Gasteiger partial charge in [-0.3, -0.25) is 9.97 Å². The summed E-state index contributed by atoms with van der Waals surface area (Å²) in [5, 5.41) is 21.4. The number of aromatic carboxylic acids is 2. The molecule has 2 rings (SSSR count). The van der Waals surface area contributed by atoms with Crippen LogP contribution in [-0.4, -0.2) is 21.9 Å². The van der Waals surface area contributed by atoms with Gasteiger partial charge in [0.1, 0.15) is 0 Å². The molecule has 0 aromatic carbocycles. The van der Waals surface area contributed by atoms with Crippen LogP contribution >= 0.6 is 0 Å². The van der Waals surface area contributed by atoms with Crippen molar-refractivity contribution in [1.82, 2.24) is 9.97 Å². The van der Waals surface area contributed by atoms with Gasteiger partial charge in [0.2, 0.25) is 0 Å². The first-order valence-electron chi connectivity index (χ1n) is 4.93. The van der Waals surface area contributed by atoms with Gasteiger partial charge >= 0.3 is 19.5 Å². The minimum absolute atomic E-state index is 0. The van der Waals surface area contributed by atoms with Gasteiger partial charge < -0.3 is 19.8 Å². The van der Waals surface area contributed by atoms with Crippen molar-refractivity contribution in [3.05, 3.63) is 47.8 Å². The fraction of sp³-hybridized carbons (Fsp3) is 0. The van der Waals surface area contributed by atoms with E-state index >= 15 is 0 Å². The standard InChI is InChI=1S/C12H8N2O4.Ru/c15-11(16)7-1-3-13-9(5-7)10-6-8(12(17)18)2-4-14-10;/h1-6H,(H,15,16)(H,17,18);/q;+2/p-2. The van der Waals surface area contributed by atoms with E-state index in [2.05, 4.69) is 9.97 Å². The van der Waals surface area contributed by atoms with Gasteiger partial charge in [-0.2, -0.15) is 0 Å². The maximum atomic E-state index is 10.7. The third-order valence-electron chi connectivity index (χ3n) is 2.25. The average molecular weight is 343 g/mol. The second-order valence-corrected chi connectivity index (χ2v) is 3.43. The molecule has 0 aliphatic heterocycles. The van der Waals surface area contributed by atoms with Crippen molar-refractivity contribution in [3.8, 4) is 11.4 Å². The molecule has 0 bridgehead atoms. The van der Waals surface area contributed by atoms with Crippen LogP contribution in [0.15, 0.2) is 36.7 Å². The van der Waals surface area contributed by atoms with Crippen LogP contribution in [0.3, 0.4) is 0 Å². The number of carboxylic acids is 2. The Balaban J connectivity index is 0.00000180. The minimum Gasteiger partial charge on any atom is -0.545 e. The summed E-state index contributed by atoms with van der Waals surface area (Å²) in [7, 11) is 0. The van der Waals surface area contributed by atoms with Crippen molar-refractivity contribution in [2.75, 3.05) is 0 Å². The molecule has 96 valence electrons. The van der Waals surface area contributed by atoms with Gasteiger partial charge in [0, 0.05) is 23.5 Å². The predicted molar refractivity (Wildman–Crippen MR) is 56.1 cm³/mol. The Morgan fingerprint density at radius 1 is 0.842 bits per heavy atom. The van der Waals surface area contributed by atoms with E-state index in [-0.39, 0.29) is 42.0 Å². The zero-order valence-corrected chi connectivity index (χ0v) is 11.1. The van der Waals surface area contributed by atoms with E-state index in [1.165, 1.54) is 36.7 Å². The minimum atomic E-state index is -1.34. The fourth-order valence-electron chi connectivity index (χ4n) is 1.40. The van der Waals surface area contributed by atoms with E-state index in [0.717, 1.165) is 0 Å². The molecule has 0 aliphatic rings. The van der Waals surface area contributed by atoms with Crippen LogP contribution in [0.25, 0.3) is 11.4 Å². The molecule has 0 N–H and O–H groups in total. The van der Waals surface area contributed by atoms with Crippen molar-refractivity contribution in [2.45, 2.75) is 0 Å². The molecule has 0 radical (unpaired) electrons. The number of aromatic nitrogens is 2. The van der Waals surface area contributed by atoms with E-state index in [4.69, 9.17) is 0 Å². The summed E-state index contributed by atoms with van der Waals surface area (Å²) < 4.78 is 0. The van der Waals surface area contributed by atoms with Crippen LogP contribution in [0.5, 0.6) is 0 Å². The van der Waals surface area contributed by atoms with Gasteiger partial charge in [-0.25, -0.2) is 0 Å². The van der Waals surface area contributed by atoms with E-state index in [1.54, 1.807) is 0 Å². The van der Waals surface area contributed by atoms with Crippen molar-refractivity contribution in [1.29, 1.82) is 0 Å². The smallest absolute Gasteiger partial charge is 0.545 e. The van der Waals surface area contributed by atoms with Crippen LogP contribution in [0, 0.1) is 0 Å². The zero-order chi connectivity index (χ0) is 13.1. The summed E-state index contributed by atoms with van der Waals surface area (Å²) in [5.74, 6) is -2.68. The summed E-state index contributed by atoms with van der Waals surface area (Å²) in [6.45, 7) is 0. The molecule has 0 fully saturated rings. The van der Waals surface area contributed by atoms with Crippen LogP contribution in [0.1, 0.15) is 20.7 Å². The van der Waals surface area contributed by atoms with E-state index in [1.807, 2.05) is 0 Å². The molecule has 19 heavy (non-hydrogen) atoms. The Labute approximate surface area is 120 Å². The van der Waals surface area contributed by atoms with E-state index in [0.29, 0.717) is 0 Å². The summed E-state index contributed by atoms with van der Waals surface area (Å²) in [6, 6.07) is 5.08. The largest absolute Gasteiger partial charge is 2.00 e. The van der Waals surface area contributed by atoms with Crippen LogP contribution in [0.4, 0.5) is 0 Å². The number of hydrogen-bond acceptors (Lipinski definition) is 6. The van der Waals surface area contributed by atoms with Crippen LogP contribution < -0.4 is 10.2 Å². The molecule has 2 aromatic rings. The van der Waals surface area contributed by atoms with Gasteiger partial charge in [0.05, 0.1) is 23.3 Å². The average Bonchev–Trinajstić information content (AvgIpc) is 2.39. The number of carboxylic acid groups (broad SMARTS) is 2. The van der Waals surface area contributed by atoms with Crippen molar-refractivity contribution in [3.63, 3.8) is 0 Å². The molecule has 0 saturated carbocycles. The fourth-order valence-corrected chi connectivity index (χ4v) is 1.40. The summed E-state index contributed by atoms with van der Waals surface area (Å²) in [6.07, 6.45) is 2.57. The maximum Gasteiger partial charge on any atom is 2.00 e. The molecule has 2 heterocycles. The third kappa shape index (κ3) is 3.42. The summed E-state index contributed by atoms with van der Waals surface area (Å²) >= 11 is 0. The van der Waals surface area contributed by atoms with Crippen molar-refractivity contribution >= 4 is 11.9 Å². The molecular weight excluding hydrogens is 337 g/mol. The molecule has 7 heteroatoms. The number of hydrogen-bond donors (Lipinski definition) is 0. The van der Waals surface area contributed by atoms with E-state index < -0.39 is 11.9 Å². The molecule has 0 atom stereocenters. The van der Waals surface area contributed by atoms with Gasteiger partial charge in [-0.15, -0.1) is 0 Å². The molecule has 0 unspecified atom stereocenters. The summed E-state index contributed by atoms with van der Waals surface area (Å²) in [5.41, 5.74) is 0.390. The van der Waals surface area contributed by atoms with Gasteiger partial charge in [-0.05, 0) is 24.3 Å². The van der Waals surface area contributed by atoms with E-state index in [9.17, 15) is 19.8 Å². The van der Waals surface area contributed by atoms with Crippen molar-refractivity contribution < 1.29 is 39.3 Å². The van der Waals surface area contributed by atoms with Gasteiger partial charge in [0.25, 0.3) is 0 Å². The first-order valence-corrected chi connectivity index (χ1v) is 4.93. The molecule has 0 aliphatic carbocycles. The Hall–Kier alpha value is -2.14. The number of carbonyl (C=O) groups is 2. The summed E-state index contributed by atoms with van der Waals surface area (Å²) in [4.78, 5) is 29.2. The molecule has 2 aromatic heterocycles. The number of pyridine rings is 2.